The van der Waals surface area contributed by atoms with Gasteiger partial charge in [-0.25, -0.2) is 18.4 Å². The molecule has 6 nitrogen and oxygen atoms in total. The van der Waals surface area contributed by atoms with Crippen molar-refractivity contribution in [2.45, 2.75) is 13.5 Å². The van der Waals surface area contributed by atoms with E-state index in [0.717, 1.165) is 5.69 Å². The number of anilines is 1. The third kappa shape index (κ3) is 2.55. The van der Waals surface area contributed by atoms with Crippen LogP contribution in [-0.2, 0) is 16.4 Å². The number of hydrogen-bond donors (Lipinski definition) is 1. The van der Waals surface area contributed by atoms with Gasteiger partial charge in [-0.1, -0.05) is 0 Å². The zero-order valence-corrected chi connectivity index (χ0v) is 10.4. The molecule has 0 unspecified atom stereocenters. The van der Waals surface area contributed by atoms with Crippen LogP contribution in [-0.4, -0.2) is 48.1 Å². The largest absolute Gasteiger partial charge is 0.391 e. The van der Waals surface area contributed by atoms with Crippen LogP contribution in [0.25, 0.3) is 0 Å². The smallest absolute Gasteiger partial charge is 0.153 e. The minimum absolute atomic E-state index is 0.134. The molecular weight excluding hydrogens is 242 g/mol. The summed E-state index contributed by atoms with van der Waals surface area (Å²) in [5.41, 5.74) is 1.40. The van der Waals surface area contributed by atoms with Crippen LogP contribution in [0.3, 0.4) is 0 Å². The minimum atomic E-state index is -2.90. The van der Waals surface area contributed by atoms with Gasteiger partial charge < -0.3 is 10.0 Å². The highest BCUT2D eigenvalue weighted by molar-refractivity contribution is 7.91. The van der Waals surface area contributed by atoms with Gasteiger partial charge in [0, 0.05) is 24.3 Å². The summed E-state index contributed by atoms with van der Waals surface area (Å²) >= 11 is 0. The first-order chi connectivity index (χ1) is 8.03. The molecule has 0 amide bonds. The van der Waals surface area contributed by atoms with E-state index in [-0.39, 0.29) is 18.1 Å². The molecule has 0 spiro atoms. The zero-order chi connectivity index (χ0) is 12.5. The Morgan fingerprint density at radius 1 is 1.35 bits per heavy atom. The summed E-state index contributed by atoms with van der Waals surface area (Å²) in [6.45, 7) is 2.51. The van der Waals surface area contributed by atoms with Crippen LogP contribution in [0.15, 0.2) is 6.33 Å². The van der Waals surface area contributed by atoms with Gasteiger partial charge in [-0.15, -0.1) is 0 Å². The average molecular weight is 257 g/mol. The maximum atomic E-state index is 11.3. The Balaban J connectivity index is 2.27. The average Bonchev–Trinajstić information content (AvgIpc) is 2.29. The molecule has 1 saturated heterocycles. The molecule has 1 aliphatic heterocycles. The molecule has 0 saturated carbocycles. The van der Waals surface area contributed by atoms with Crippen LogP contribution in [0.4, 0.5) is 5.82 Å². The van der Waals surface area contributed by atoms with E-state index < -0.39 is 9.84 Å². The Labute approximate surface area is 100 Å². The third-order valence-corrected chi connectivity index (χ3v) is 4.55. The van der Waals surface area contributed by atoms with E-state index in [1.165, 1.54) is 6.33 Å². The number of nitrogens with zero attached hydrogens (tertiary/aromatic N) is 3. The van der Waals surface area contributed by atoms with Gasteiger partial charge in [0.2, 0.25) is 0 Å². The number of aliphatic hydroxyl groups is 1. The first-order valence-corrected chi connectivity index (χ1v) is 7.22. The molecule has 2 heterocycles. The van der Waals surface area contributed by atoms with E-state index in [1.54, 1.807) is 6.92 Å². The molecule has 0 radical (unpaired) electrons. The first kappa shape index (κ1) is 12.3. The highest BCUT2D eigenvalue weighted by Crippen LogP contribution is 2.21. The lowest BCUT2D eigenvalue weighted by atomic mass is 10.2. The lowest BCUT2D eigenvalue weighted by Gasteiger charge is -2.29. The van der Waals surface area contributed by atoms with Gasteiger partial charge in [0.1, 0.15) is 12.1 Å². The number of aliphatic hydroxyl groups excluding tert-OH is 1. The fraction of sp³-hybridized carbons (Fsp3) is 0.600. The van der Waals surface area contributed by atoms with Crippen molar-refractivity contribution < 1.29 is 13.5 Å². The number of aromatic nitrogens is 2. The Kier molecular flexibility index (Phi) is 3.30. The molecule has 7 heteroatoms. The first-order valence-electron chi connectivity index (χ1n) is 5.40. The van der Waals surface area contributed by atoms with Gasteiger partial charge in [-0.05, 0) is 6.92 Å². The summed E-state index contributed by atoms with van der Waals surface area (Å²) < 4.78 is 22.7. The predicted molar refractivity (Wildman–Crippen MR) is 63.6 cm³/mol. The fourth-order valence-electron chi connectivity index (χ4n) is 1.87. The van der Waals surface area contributed by atoms with Gasteiger partial charge in [0.15, 0.2) is 9.84 Å². The quantitative estimate of drug-likeness (QED) is 0.770. The predicted octanol–water partition coefficient (Wildman–Crippen LogP) is -0.488. The van der Waals surface area contributed by atoms with Crippen LogP contribution in [0.5, 0.6) is 0 Å². The summed E-state index contributed by atoms with van der Waals surface area (Å²) in [4.78, 5) is 10.0. The van der Waals surface area contributed by atoms with Crippen molar-refractivity contribution in [1.29, 1.82) is 0 Å². The molecule has 0 aromatic carbocycles. The van der Waals surface area contributed by atoms with Crippen molar-refractivity contribution in [2.75, 3.05) is 29.5 Å². The van der Waals surface area contributed by atoms with Crippen molar-refractivity contribution in [1.82, 2.24) is 9.97 Å². The molecule has 17 heavy (non-hydrogen) atoms. The van der Waals surface area contributed by atoms with Crippen LogP contribution in [0.1, 0.15) is 11.3 Å². The summed E-state index contributed by atoms with van der Waals surface area (Å²) in [6, 6.07) is 0. The molecule has 1 aliphatic rings. The summed E-state index contributed by atoms with van der Waals surface area (Å²) in [5.74, 6) is 0.928. The molecule has 0 bridgehead atoms. The third-order valence-electron chi connectivity index (χ3n) is 2.94. The fourth-order valence-corrected chi connectivity index (χ4v) is 3.07. The second-order valence-corrected chi connectivity index (χ2v) is 6.36. The Morgan fingerprint density at radius 3 is 2.59 bits per heavy atom. The molecule has 2 rings (SSSR count). The van der Waals surface area contributed by atoms with Crippen LogP contribution in [0, 0.1) is 6.92 Å². The highest BCUT2D eigenvalue weighted by atomic mass is 32.2. The molecule has 0 atom stereocenters. The lowest BCUT2D eigenvalue weighted by Crippen LogP contribution is -2.41. The minimum Gasteiger partial charge on any atom is -0.391 e. The van der Waals surface area contributed by atoms with Gasteiger partial charge in [0.25, 0.3) is 0 Å². The number of hydrogen-bond acceptors (Lipinski definition) is 6. The number of aryl methyl sites for hydroxylation is 1. The Hall–Kier alpha value is -1.21. The van der Waals surface area contributed by atoms with E-state index in [0.29, 0.717) is 24.5 Å². The number of sulfone groups is 1. The lowest BCUT2D eigenvalue weighted by molar-refractivity contribution is 0.280. The van der Waals surface area contributed by atoms with Crippen LogP contribution in [0.2, 0.25) is 0 Å². The summed E-state index contributed by atoms with van der Waals surface area (Å²) in [5, 5.41) is 9.31. The van der Waals surface area contributed by atoms with E-state index >= 15 is 0 Å². The zero-order valence-electron chi connectivity index (χ0n) is 9.63. The topological polar surface area (TPSA) is 83.4 Å². The van der Waals surface area contributed by atoms with Crippen molar-refractivity contribution in [3.63, 3.8) is 0 Å². The Bertz CT molecular complexity index is 502. The summed E-state index contributed by atoms with van der Waals surface area (Å²) in [7, 11) is -2.90. The number of rotatable bonds is 2. The van der Waals surface area contributed by atoms with Crippen molar-refractivity contribution >= 4 is 15.7 Å². The molecule has 1 aromatic heterocycles. The SMILES string of the molecule is Cc1ncnc(N2CCS(=O)(=O)CC2)c1CO. The molecule has 0 aliphatic carbocycles. The highest BCUT2D eigenvalue weighted by Gasteiger charge is 2.24. The maximum Gasteiger partial charge on any atom is 0.153 e. The summed E-state index contributed by atoms with van der Waals surface area (Å²) in [6.07, 6.45) is 1.44. The van der Waals surface area contributed by atoms with Crippen molar-refractivity contribution in [2.24, 2.45) is 0 Å². The van der Waals surface area contributed by atoms with Gasteiger partial charge >= 0.3 is 0 Å². The normalized spacial score (nSPS) is 19.3. The maximum absolute atomic E-state index is 11.3. The van der Waals surface area contributed by atoms with Crippen LogP contribution < -0.4 is 4.90 Å². The van der Waals surface area contributed by atoms with E-state index in [4.69, 9.17) is 0 Å². The second-order valence-electron chi connectivity index (χ2n) is 4.06. The standard InChI is InChI=1S/C10H15N3O3S/c1-8-9(6-14)10(12-7-11-8)13-2-4-17(15,16)5-3-13/h7,14H,2-6H2,1H3. The molecule has 1 fully saturated rings. The van der Waals surface area contributed by atoms with Crippen molar-refractivity contribution in [3.05, 3.63) is 17.6 Å². The molecule has 1 aromatic rings. The molecular formula is C10H15N3O3S. The van der Waals surface area contributed by atoms with Gasteiger partial charge in [-0.3, -0.25) is 0 Å². The monoisotopic (exact) mass is 257 g/mol. The van der Waals surface area contributed by atoms with E-state index in [2.05, 4.69) is 9.97 Å². The van der Waals surface area contributed by atoms with Gasteiger partial charge in [-0.2, -0.15) is 0 Å². The van der Waals surface area contributed by atoms with Crippen molar-refractivity contribution in [3.8, 4) is 0 Å². The van der Waals surface area contributed by atoms with E-state index in [9.17, 15) is 13.5 Å². The molecule has 1 N–H and O–H groups in total. The Morgan fingerprint density at radius 2 is 2.00 bits per heavy atom. The van der Waals surface area contributed by atoms with Crippen LogP contribution >= 0.6 is 0 Å². The van der Waals surface area contributed by atoms with Gasteiger partial charge in [0.05, 0.1) is 18.1 Å². The molecule has 94 valence electrons. The second kappa shape index (κ2) is 4.58. The van der Waals surface area contributed by atoms with E-state index in [1.807, 2.05) is 4.90 Å².